The lowest BCUT2D eigenvalue weighted by Gasteiger charge is -2.32. The van der Waals surface area contributed by atoms with Crippen molar-refractivity contribution in [1.82, 2.24) is 4.31 Å². The lowest BCUT2D eigenvalue weighted by Crippen LogP contribution is -2.39. The number of nitro groups is 1. The molecule has 2 fully saturated rings. The number of rotatable bonds is 9. The van der Waals surface area contributed by atoms with Crippen LogP contribution in [-0.2, 0) is 14.8 Å². The highest BCUT2D eigenvalue weighted by atomic mass is 32.2. The Hall–Kier alpha value is -3.02. The van der Waals surface area contributed by atoms with Crippen LogP contribution in [-0.4, -0.2) is 76.3 Å². The van der Waals surface area contributed by atoms with Gasteiger partial charge in [-0.05, 0) is 51.0 Å². The minimum Gasteiger partial charge on any atom is -0.378 e. The molecule has 0 amide bonds. The molecule has 0 unspecified atom stereocenters. The van der Waals surface area contributed by atoms with Crippen molar-refractivity contribution >= 4 is 39.0 Å². The van der Waals surface area contributed by atoms with Gasteiger partial charge in [0.1, 0.15) is 4.90 Å². The van der Waals surface area contributed by atoms with Crippen LogP contribution in [0.4, 0.5) is 22.7 Å². The van der Waals surface area contributed by atoms with Crippen molar-refractivity contribution in [2.45, 2.75) is 38.0 Å². The van der Waals surface area contributed by atoms with E-state index in [1.807, 2.05) is 24.8 Å². The molecule has 2 aliphatic heterocycles. The Labute approximate surface area is 218 Å². The second-order valence-corrected chi connectivity index (χ2v) is 11.1. The van der Waals surface area contributed by atoms with Gasteiger partial charge in [0.05, 0.1) is 29.5 Å². The molecule has 2 aromatic rings. The third-order valence-corrected chi connectivity index (χ3v) is 8.83. The first-order valence-electron chi connectivity index (χ1n) is 12.9. The van der Waals surface area contributed by atoms with Gasteiger partial charge >= 0.3 is 0 Å². The maximum absolute atomic E-state index is 13.8. The van der Waals surface area contributed by atoms with Crippen LogP contribution in [0.25, 0.3) is 0 Å². The molecular weight excluding hydrogens is 494 g/mol. The zero-order valence-corrected chi connectivity index (χ0v) is 22.3. The summed E-state index contributed by atoms with van der Waals surface area (Å²) >= 11 is 0. The topological polar surface area (TPSA) is 109 Å². The molecule has 2 saturated heterocycles. The molecule has 0 bridgehead atoms. The summed E-state index contributed by atoms with van der Waals surface area (Å²) < 4.78 is 34.5. The van der Waals surface area contributed by atoms with Gasteiger partial charge in [-0.15, -0.1) is 0 Å². The van der Waals surface area contributed by atoms with Crippen molar-refractivity contribution < 1.29 is 18.1 Å². The van der Waals surface area contributed by atoms with Crippen LogP contribution in [0, 0.1) is 10.1 Å². The summed E-state index contributed by atoms with van der Waals surface area (Å²) in [5.74, 6) is 0. The summed E-state index contributed by atoms with van der Waals surface area (Å²) in [4.78, 5) is 20.0. The van der Waals surface area contributed by atoms with Crippen LogP contribution >= 0.6 is 0 Å². The average molecular weight is 530 g/mol. The number of aliphatic imine (C=N–C) groups is 1. The second-order valence-electron chi connectivity index (χ2n) is 9.15. The van der Waals surface area contributed by atoms with Crippen molar-refractivity contribution in [3.05, 3.63) is 52.1 Å². The Balaban J connectivity index is 1.75. The van der Waals surface area contributed by atoms with Crippen LogP contribution in [0.3, 0.4) is 0 Å². The number of nitrogens with zero attached hydrogens (tertiary/aromatic N) is 5. The van der Waals surface area contributed by atoms with E-state index in [1.165, 1.54) is 12.1 Å². The Kier molecular flexibility index (Phi) is 8.78. The molecule has 0 N–H and O–H groups in total. The van der Waals surface area contributed by atoms with Crippen molar-refractivity contribution in [2.24, 2.45) is 4.99 Å². The number of sulfonamides is 1. The van der Waals surface area contributed by atoms with Gasteiger partial charge < -0.3 is 14.5 Å². The van der Waals surface area contributed by atoms with Crippen LogP contribution < -0.4 is 9.80 Å². The van der Waals surface area contributed by atoms with E-state index >= 15 is 0 Å². The molecule has 0 saturated carbocycles. The molecular formula is C26H35N5O5S. The Morgan fingerprint density at radius 1 is 1.03 bits per heavy atom. The lowest BCUT2D eigenvalue weighted by atomic mass is 10.1. The average Bonchev–Trinajstić information content (AvgIpc) is 2.93. The van der Waals surface area contributed by atoms with E-state index in [1.54, 1.807) is 28.7 Å². The van der Waals surface area contributed by atoms with Crippen molar-refractivity contribution in [2.75, 3.05) is 62.3 Å². The predicted octanol–water partition coefficient (Wildman–Crippen LogP) is 4.20. The first-order valence-corrected chi connectivity index (χ1v) is 14.3. The molecule has 200 valence electrons. The summed E-state index contributed by atoms with van der Waals surface area (Å²) in [6, 6.07) is 9.97. The molecule has 10 nitrogen and oxygen atoms in total. The number of non-ortho nitro benzene ring substituents is 1. The highest BCUT2D eigenvalue weighted by Crippen LogP contribution is 2.34. The first-order chi connectivity index (χ1) is 17.8. The first kappa shape index (κ1) is 27.0. The Bertz CT molecular complexity index is 1230. The van der Waals surface area contributed by atoms with Crippen LogP contribution in [0.1, 0.15) is 38.7 Å². The highest BCUT2D eigenvalue weighted by Gasteiger charge is 2.30. The minimum atomic E-state index is -3.72. The van der Waals surface area contributed by atoms with Gasteiger partial charge in [0, 0.05) is 68.9 Å². The van der Waals surface area contributed by atoms with Crippen molar-refractivity contribution in [3.63, 3.8) is 0 Å². The van der Waals surface area contributed by atoms with E-state index in [-0.39, 0.29) is 10.6 Å². The van der Waals surface area contributed by atoms with Crippen molar-refractivity contribution in [1.29, 1.82) is 0 Å². The van der Waals surface area contributed by atoms with E-state index in [4.69, 9.17) is 4.74 Å². The van der Waals surface area contributed by atoms with Gasteiger partial charge in [-0.25, -0.2) is 8.42 Å². The zero-order valence-electron chi connectivity index (χ0n) is 21.5. The lowest BCUT2D eigenvalue weighted by molar-refractivity contribution is -0.384. The Morgan fingerprint density at radius 3 is 2.38 bits per heavy atom. The standard InChI is InChI=1S/C26H35N5O5S/c1-3-28(4-2)24-11-9-23(31(32)33)18-21(24)20-27-22-8-10-25(29-14-16-36-17-15-29)26(19-22)37(34,35)30-12-6-5-7-13-30/h8-11,18-20H,3-7,12-17H2,1-2H3. The van der Waals surface area contributed by atoms with E-state index in [2.05, 4.69) is 9.89 Å². The SMILES string of the molecule is CCN(CC)c1ccc([N+](=O)[O-])cc1C=Nc1ccc(N2CCOCC2)c(S(=O)(=O)N2CCCCC2)c1. The molecule has 2 aromatic carbocycles. The smallest absolute Gasteiger partial charge is 0.270 e. The normalized spacial score (nSPS) is 17.3. The van der Waals surface area contributed by atoms with Gasteiger partial charge in [0.25, 0.3) is 5.69 Å². The third-order valence-electron chi connectivity index (χ3n) is 6.91. The molecule has 0 spiro atoms. The van der Waals surface area contributed by atoms with Gasteiger partial charge in [0.2, 0.25) is 10.0 Å². The van der Waals surface area contributed by atoms with Crippen LogP contribution in [0.15, 0.2) is 46.3 Å². The highest BCUT2D eigenvalue weighted by molar-refractivity contribution is 7.89. The van der Waals surface area contributed by atoms with Gasteiger partial charge in [-0.2, -0.15) is 4.31 Å². The van der Waals surface area contributed by atoms with E-state index in [9.17, 15) is 18.5 Å². The molecule has 0 radical (unpaired) electrons. The monoisotopic (exact) mass is 529 g/mol. The molecule has 0 aliphatic carbocycles. The summed E-state index contributed by atoms with van der Waals surface area (Å²) in [5, 5.41) is 11.4. The van der Waals surface area contributed by atoms with Crippen LogP contribution in [0.5, 0.6) is 0 Å². The van der Waals surface area contributed by atoms with E-state index in [0.29, 0.717) is 56.3 Å². The number of nitro benzene ring substituents is 1. The second kappa shape index (κ2) is 12.0. The number of benzene rings is 2. The third kappa shape index (κ3) is 6.11. The fraction of sp³-hybridized carbons (Fsp3) is 0.500. The number of anilines is 2. The van der Waals surface area contributed by atoms with E-state index < -0.39 is 14.9 Å². The predicted molar refractivity (Wildman–Crippen MR) is 146 cm³/mol. The van der Waals surface area contributed by atoms with Gasteiger partial charge in [0.15, 0.2) is 0 Å². The molecule has 4 rings (SSSR count). The van der Waals surface area contributed by atoms with Gasteiger partial charge in [-0.1, -0.05) is 6.42 Å². The quantitative estimate of drug-likeness (QED) is 0.272. The number of ether oxygens (including phenoxy) is 1. The molecule has 2 aliphatic rings. The summed E-state index contributed by atoms with van der Waals surface area (Å²) in [7, 11) is -3.72. The Morgan fingerprint density at radius 2 is 1.73 bits per heavy atom. The van der Waals surface area contributed by atoms with Gasteiger partial charge in [-0.3, -0.25) is 15.1 Å². The summed E-state index contributed by atoms with van der Waals surface area (Å²) in [6.45, 7) is 8.87. The molecule has 37 heavy (non-hydrogen) atoms. The minimum absolute atomic E-state index is 0.0200. The fourth-order valence-corrected chi connectivity index (χ4v) is 6.60. The zero-order chi connectivity index (χ0) is 26.4. The maximum atomic E-state index is 13.8. The number of hydrogen-bond acceptors (Lipinski definition) is 8. The van der Waals surface area contributed by atoms with Crippen molar-refractivity contribution in [3.8, 4) is 0 Å². The maximum Gasteiger partial charge on any atom is 0.270 e. The molecule has 11 heteroatoms. The molecule has 2 heterocycles. The number of piperidine rings is 1. The largest absolute Gasteiger partial charge is 0.378 e. The molecule has 0 atom stereocenters. The van der Waals surface area contributed by atoms with Crippen LogP contribution in [0.2, 0.25) is 0 Å². The summed E-state index contributed by atoms with van der Waals surface area (Å²) in [5.41, 5.74) is 2.56. The summed E-state index contributed by atoms with van der Waals surface area (Å²) in [6.07, 6.45) is 4.32. The fourth-order valence-electron chi connectivity index (χ4n) is 4.85. The number of morpholine rings is 1. The molecule has 0 aromatic heterocycles. The van der Waals surface area contributed by atoms with E-state index in [0.717, 1.165) is 38.0 Å². The number of hydrogen-bond donors (Lipinski definition) is 0.